The molecule has 116 valence electrons. The van der Waals surface area contributed by atoms with Crippen LogP contribution in [0.25, 0.3) is 22.1 Å². The van der Waals surface area contributed by atoms with Crippen LogP contribution in [0.5, 0.6) is 0 Å². The molecule has 3 heteroatoms. The van der Waals surface area contributed by atoms with E-state index in [0.717, 1.165) is 37.1 Å². The quantitative estimate of drug-likeness (QED) is 0.701. The van der Waals surface area contributed by atoms with Gasteiger partial charge in [0.05, 0.1) is 5.39 Å². The molecule has 4 rings (SSSR count). The number of piperidine rings is 1. The van der Waals surface area contributed by atoms with Crippen molar-refractivity contribution in [1.29, 1.82) is 0 Å². The van der Waals surface area contributed by atoms with Crippen LogP contribution in [-0.4, -0.2) is 13.1 Å². The van der Waals surface area contributed by atoms with E-state index >= 15 is 0 Å². The molecule has 0 unspecified atom stereocenters. The summed E-state index contributed by atoms with van der Waals surface area (Å²) in [6, 6.07) is 17.6. The standard InChI is InChI=1S/C20H19NO2/c22-18-14-20(21-11-5-2-6-12-21)23-19-13-16(9-10-17(18)19)15-7-3-1-4-8-15/h1,3-4,7-10,13-14H,2,5-6,11-12H2. The average Bonchev–Trinajstić information content (AvgIpc) is 2.63. The number of rotatable bonds is 2. The van der Waals surface area contributed by atoms with Crippen molar-refractivity contribution in [3.63, 3.8) is 0 Å². The van der Waals surface area contributed by atoms with Gasteiger partial charge in [0.2, 0.25) is 0 Å². The Kier molecular flexibility index (Phi) is 3.62. The van der Waals surface area contributed by atoms with Crippen LogP contribution >= 0.6 is 0 Å². The van der Waals surface area contributed by atoms with Crippen LogP contribution in [0.3, 0.4) is 0 Å². The van der Waals surface area contributed by atoms with Gasteiger partial charge in [-0.2, -0.15) is 0 Å². The fourth-order valence-corrected chi connectivity index (χ4v) is 3.22. The number of nitrogens with zero attached hydrogens (tertiary/aromatic N) is 1. The Bertz CT molecular complexity index is 877. The van der Waals surface area contributed by atoms with E-state index in [1.54, 1.807) is 6.07 Å². The van der Waals surface area contributed by atoms with Gasteiger partial charge in [-0.3, -0.25) is 4.79 Å². The molecule has 0 spiro atoms. The van der Waals surface area contributed by atoms with E-state index in [9.17, 15) is 4.79 Å². The van der Waals surface area contributed by atoms with E-state index in [1.807, 2.05) is 36.4 Å². The molecule has 2 aromatic carbocycles. The largest absolute Gasteiger partial charge is 0.440 e. The summed E-state index contributed by atoms with van der Waals surface area (Å²) in [6.45, 7) is 1.93. The molecule has 0 amide bonds. The Labute approximate surface area is 135 Å². The molecule has 1 aliphatic heterocycles. The molecule has 1 aromatic heterocycles. The minimum Gasteiger partial charge on any atom is -0.440 e. The van der Waals surface area contributed by atoms with Gasteiger partial charge >= 0.3 is 0 Å². The Morgan fingerprint density at radius 2 is 1.61 bits per heavy atom. The second-order valence-electron chi connectivity index (χ2n) is 6.07. The van der Waals surface area contributed by atoms with Crippen molar-refractivity contribution in [3.05, 3.63) is 64.8 Å². The maximum absolute atomic E-state index is 12.4. The molecule has 0 atom stereocenters. The lowest BCUT2D eigenvalue weighted by Gasteiger charge is -2.27. The molecule has 0 saturated carbocycles. The molecule has 1 aliphatic rings. The Balaban J connectivity index is 1.81. The fourth-order valence-electron chi connectivity index (χ4n) is 3.22. The molecule has 1 saturated heterocycles. The monoisotopic (exact) mass is 305 g/mol. The number of hydrogen-bond donors (Lipinski definition) is 0. The third kappa shape index (κ3) is 2.74. The molecule has 2 heterocycles. The summed E-state index contributed by atoms with van der Waals surface area (Å²) in [4.78, 5) is 14.6. The SMILES string of the molecule is O=c1cc(N2CCCCC2)oc2cc(-c3ccccc3)ccc12. The zero-order chi connectivity index (χ0) is 15.6. The normalized spacial score (nSPS) is 15.0. The summed E-state index contributed by atoms with van der Waals surface area (Å²) in [5.41, 5.74) is 2.89. The highest BCUT2D eigenvalue weighted by Gasteiger charge is 2.15. The van der Waals surface area contributed by atoms with Gasteiger partial charge in [0, 0.05) is 19.2 Å². The van der Waals surface area contributed by atoms with Crippen LogP contribution < -0.4 is 10.3 Å². The zero-order valence-electron chi connectivity index (χ0n) is 13.0. The molecule has 0 aliphatic carbocycles. The molecule has 3 nitrogen and oxygen atoms in total. The minimum atomic E-state index is 0.0337. The van der Waals surface area contributed by atoms with Crippen LogP contribution in [0.2, 0.25) is 0 Å². The van der Waals surface area contributed by atoms with E-state index in [2.05, 4.69) is 17.0 Å². The number of fused-ring (bicyclic) bond motifs is 1. The van der Waals surface area contributed by atoms with Crippen molar-refractivity contribution in [3.8, 4) is 11.1 Å². The van der Waals surface area contributed by atoms with Gasteiger partial charge in [-0.05, 0) is 42.5 Å². The van der Waals surface area contributed by atoms with Crippen molar-refractivity contribution in [1.82, 2.24) is 0 Å². The van der Waals surface area contributed by atoms with Crippen molar-refractivity contribution in [2.24, 2.45) is 0 Å². The molecule has 0 radical (unpaired) electrons. The van der Waals surface area contributed by atoms with E-state index in [4.69, 9.17) is 4.42 Å². The van der Waals surface area contributed by atoms with Gasteiger partial charge < -0.3 is 9.32 Å². The predicted octanol–water partition coefficient (Wildman–Crippen LogP) is 4.45. The zero-order valence-corrected chi connectivity index (χ0v) is 13.0. The van der Waals surface area contributed by atoms with Crippen molar-refractivity contribution in [2.75, 3.05) is 18.0 Å². The predicted molar refractivity (Wildman–Crippen MR) is 94.0 cm³/mol. The first-order chi connectivity index (χ1) is 11.3. The molecular weight excluding hydrogens is 286 g/mol. The van der Waals surface area contributed by atoms with Crippen LogP contribution in [0.1, 0.15) is 19.3 Å². The lowest BCUT2D eigenvalue weighted by atomic mass is 10.0. The van der Waals surface area contributed by atoms with Crippen molar-refractivity contribution < 1.29 is 4.42 Å². The number of anilines is 1. The lowest BCUT2D eigenvalue weighted by molar-refractivity contribution is 0.512. The Morgan fingerprint density at radius 1 is 0.826 bits per heavy atom. The first-order valence-corrected chi connectivity index (χ1v) is 8.19. The van der Waals surface area contributed by atoms with E-state index in [-0.39, 0.29) is 5.43 Å². The average molecular weight is 305 g/mol. The Morgan fingerprint density at radius 3 is 2.39 bits per heavy atom. The van der Waals surface area contributed by atoms with Crippen LogP contribution in [0, 0.1) is 0 Å². The number of hydrogen-bond acceptors (Lipinski definition) is 3. The van der Waals surface area contributed by atoms with Gasteiger partial charge in [0.1, 0.15) is 5.58 Å². The maximum Gasteiger partial charge on any atom is 0.199 e. The van der Waals surface area contributed by atoms with Crippen LogP contribution in [0.4, 0.5) is 5.88 Å². The first-order valence-electron chi connectivity index (χ1n) is 8.19. The van der Waals surface area contributed by atoms with Gasteiger partial charge in [0.15, 0.2) is 11.3 Å². The molecule has 0 N–H and O–H groups in total. The molecule has 23 heavy (non-hydrogen) atoms. The summed E-state index contributed by atoms with van der Waals surface area (Å²) in [5, 5.41) is 0.644. The summed E-state index contributed by atoms with van der Waals surface area (Å²) in [5.74, 6) is 0.701. The summed E-state index contributed by atoms with van der Waals surface area (Å²) in [6.07, 6.45) is 3.57. The highest BCUT2D eigenvalue weighted by atomic mass is 16.4. The molecule has 1 fully saturated rings. The minimum absolute atomic E-state index is 0.0337. The fraction of sp³-hybridized carbons (Fsp3) is 0.250. The first kappa shape index (κ1) is 14.1. The van der Waals surface area contributed by atoms with Gasteiger partial charge in [-0.1, -0.05) is 36.4 Å². The van der Waals surface area contributed by atoms with E-state index in [0.29, 0.717) is 16.9 Å². The number of benzene rings is 2. The highest BCUT2D eigenvalue weighted by molar-refractivity contribution is 5.83. The van der Waals surface area contributed by atoms with Crippen molar-refractivity contribution >= 4 is 16.9 Å². The van der Waals surface area contributed by atoms with Gasteiger partial charge in [-0.25, -0.2) is 0 Å². The van der Waals surface area contributed by atoms with Gasteiger partial charge in [-0.15, -0.1) is 0 Å². The van der Waals surface area contributed by atoms with E-state index < -0.39 is 0 Å². The topological polar surface area (TPSA) is 33.5 Å². The molecule has 0 bridgehead atoms. The van der Waals surface area contributed by atoms with Crippen LogP contribution in [-0.2, 0) is 0 Å². The van der Waals surface area contributed by atoms with Crippen molar-refractivity contribution in [2.45, 2.75) is 19.3 Å². The summed E-state index contributed by atoms with van der Waals surface area (Å²) in [7, 11) is 0. The third-order valence-electron chi connectivity index (χ3n) is 4.49. The molecular formula is C20H19NO2. The molecule has 3 aromatic rings. The summed E-state index contributed by atoms with van der Waals surface area (Å²) < 4.78 is 6.07. The second-order valence-corrected chi connectivity index (χ2v) is 6.07. The lowest BCUT2D eigenvalue weighted by Crippen LogP contribution is -2.30. The maximum atomic E-state index is 12.4. The summed E-state index contributed by atoms with van der Waals surface area (Å²) >= 11 is 0. The van der Waals surface area contributed by atoms with Crippen LogP contribution in [0.15, 0.2) is 63.8 Å². The third-order valence-corrected chi connectivity index (χ3v) is 4.49. The highest BCUT2D eigenvalue weighted by Crippen LogP contribution is 2.26. The smallest absolute Gasteiger partial charge is 0.199 e. The van der Waals surface area contributed by atoms with Gasteiger partial charge in [0.25, 0.3) is 0 Å². The van der Waals surface area contributed by atoms with E-state index in [1.165, 1.54) is 6.42 Å². The Hall–Kier alpha value is -2.55. The second kappa shape index (κ2) is 5.92.